The van der Waals surface area contributed by atoms with E-state index >= 15 is 0 Å². The van der Waals surface area contributed by atoms with Crippen molar-refractivity contribution >= 4 is 29.4 Å². The lowest BCUT2D eigenvalue weighted by atomic mass is 10.1. The van der Waals surface area contributed by atoms with Gasteiger partial charge in [-0.2, -0.15) is 15.0 Å². The van der Waals surface area contributed by atoms with Gasteiger partial charge in [0.1, 0.15) is 5.75 Å². The largest absolute Gasteiger partial charge is 0.508 e. The van der Waals surface area contributed by atoms with Crippen LogP contribution in [0.4, 0.5) is 17.8 Å². The zero-order chi connectivity index (χ0) is 25.3. The molecule has 1 aliphatic rings. The van der Waals surface area contributed by atoms with Crippen molar-refractivity contribution in [3.63, 3.8) is 0 Å². The van der Waals surface area contributed by atoms with Crippen molar-refractivity contribution < 1.29 is 10.2 Å². The van der Waals surface area contributed by atoms with Crippen molar-refractivity contribution in [2.45, 2.75) is 19.3 Å². The lowest BCUT2D eigenvalue weighted by molar-refractivity contribution is 0.101. The normalized spacial score (nSPS) is 14.1. The Balaban J connectivity index is 1.42. The maximum absolute atomic E-state index is 9.49. The molecule has 9 nitrogen and oxygen atoms in total. The molecule has 0 saturated carbocycles. The van der Waals surface area contributed by atoms with E-state index in [-0.39, 0.29) is 12.5 Å². The van der Waals surface area contributed by atoms with Crippen molar-refractivity contribution in [1.82, 2.24) is 19.9 Å². The Morgan fingerprint density at radius 3 is 2.28 bits per heavy atom. The molecule has 1 aromatic heterocycles. The van der Waals surface area contributed by atoms with Crippen LogP contribution >= 0.6 is 11.6 Å². The highest BCUT2D eigenvalue weighted by Gasteiger charge is 2.21. The van der Waals surface area contributed by atoms with E-state index < -0.39 is 0 Å². The molecule has 0 amide bonds. The van der Waals surface area contributed by atoms with Crippen LogP contribution in [0.3, 0.4) is 0 Å². The number of aromatic hydroxyl groups is 1. The third kappa shape index (κ3) is 7.43. The molecule has 0 radical (unpaired) electrons. The molecule has 36 heavy (non-hydrogen) atoms. The van der Waals surface area contributed by atoms with Crippen LogP contribution in [0.1, 0.15) is 17.5 Å². The first-order chi connectivity index (χ1) is 17.5. The predicted molar refractivity (Wildman–Crippen MR) is 144 cm³/mol. The highest BCUT2D eigenvalue weighted by Crippen LogP contribution is 2.19. The molecule has 192 valence electrons. The number of phenolic OH excluding ortho intramolecular Hbond substituents is 1. The first-order valence-corrected chi connectivity index (χ1v) is 12.7. The fraction of sp³-hybridized carbons (Fsp3) is 0.423. The Morgan fingerprint density at radius 1 is 0.917 bits per heavy atom. The highest BCUT2D eigenvalue weighted by atomic mass is 35.5. The molecule has 2 heterocycles. The van der Waals surface area contributed by atoms with Gasteiger partial charge in [0.2, 0.25) is 17.8 Å². The first-order valence-electron chi connectivity index (χ1n) is 12.3. The van der Waals surface area contributed by atoms with Gasteiger partial charge in [-0.1, -0.05) is 35.9 Å². The molecule has 1 saturated heterocycles. The number of anilines is 3. The van der Waals surface area contributed by atoms with E-state index in [9.17, 15) is 10.2 Å². The smallest absolute Gasteiger partial charge is 0.232 e. The van der Waals surface area contributed by atoms with Crippen LogP contribution in [0, 0.1) is 0 Å². The number of nitrogens with one attached hydrogen (secondary N) is 1. The Bertz CT molecular complexity index is 1090. The summed E-state index contributed by atoms with van der Waals surface area (Å²) in [6.45, 7) is 4.55. The zero-order valence-electron chi connectivity index (χ0n) is 20.6. The Kier molecular flexibility index (Phi) is 9.16. The van der Waals surface area contributed by atoms with Crippen LogP contribution in [0.25, 0.3) is 0 Å². The number of halogens is 1. The molecule has 3 N–H and O–H groups in total. The summed E-state index contributed by atoms with van der Waals surface area (Å²) in [5.74, 6) is 2.09. The SMILES string of the molecule is CN(CCCc1ccc(Cl)cc1)c1nc(NCCc2ccc(O)cc2)nc(N2CCN(CO)CC2)n1. The number of aryl methyl sites for hydroxylation is 1. The van der Waals surface area contributed by atoms with Gasteiger partial charge < -0.3 is 25.3 Å². The zero-order valence-corrected chi connectivity index (χ0v) is 21.4. The van der Waals surface area contributed by atoms with Gasteiger partial charge in [0, 0.05) is 51.3 Å². The second-order valence-electron chi connectivity index (χ2n) is 9.00. The number of hydrogen-bond donors (Lipinski definition) is 3. The number of aliphatic hydroxyl groups excluding tert-OH is 1. The molecule has 0 bridgehead atoms. The number of nitrogens with zero attached hydrogens (tertiary/aromatic N) is 6. The quantitative estimate of drug-likeness (QED) is 0.358. The molecule has 0 aliphatic carbocycles. The molecule has 4 rings (SSSR count). The van der Waals surface area contributed by atoms with Crippen LogP contribution in [-0.2, 0) is 12.8 Å². The summed E-state index contributed by atoms with van der Waals surface area (Å²) < 4.78 is 0. The van der Waals surface area contributed by atoms with Crippen LogP contribution < -0.4 is 15.1 Å². The summed E-state index contributed by atoms with van der Waals surface area (Å²) in [5, 5.41) is 23.0. The Morgan fingerprint density at radius 2 is 1.58 bits per heavy atom. The van der Waals surface area contributed by atoms with Crippen molar-refractivity contribution in [1.29, 1.82) is 0 Å². The minimum absolute atomic E-state index is 0.0662. The van der Waals surface area contributed by atoms with E-state index in [0.29, 0.717) is 24.4 Å². The summed E-state index contributed by atoms with van der Waals surface area (Å²) in [6, 6.07) is 15.2. The molecule has 0 atom stereocenters. The lowest BCUT2D eigenvalue weighted by Gasteiger charge is -2.33. The van der Waals surface area contributed by atoms with E-state index in [1.807, 2.05) is 36.2 Å². The molecule has 0 unspecified atom stereocenters. The van der Waals surface area contributed by atoms with Crippen LogP contribution in [-0.4, -0.2) is 83.1 Å². The molecule has 2 aromatic carbocycles. The van der Waals surface area contributed by atoms with Gasteiger partial charge >= 0.3 is 0 Å². The maximum atomic E-state index is 9.49. The van der Waals surface area contributed by atoms with Gasteiger partial charge in [-0.25, -0.2) is 0 Å². The molecule has 1 fully saturated rings. The number of hydrogen-bond acceptors (Lipinski definition) is 9. The van der Waals surface area contributed by atoms with Gasteiger partial charge in [0.05, 0.1) is 6.73 Å². The van der Waals surface area contributed by atoms with Gasteiger partial charge in [-0.05, 0) is 54.7 Å². The van der Waals surface area contributed by atoms with Crippen molar-refractivity contribution in [3.05, 3.63) is 64.7 Å². The number of aliphatic hydroxyl groups is 1. The van der Waals surface area contributed by atoms with Gasteiger partial charge in [0.25, 0.3) is 0 Å². The Labute approximate surface area is 217 Å². The lowest BCUT2D eigenvalue weighted by Crippen LogP contribution is -2.47. The molecule has 0 spiro atoms. The van der Waals surface area contributed by atoms with E-state index in [0.717, 1.165) is 62.6 Å². The second-order valence-corrected chi connectivity index (χ2v) is 9.44. The van der Waals surface area contributed by atoms with Gasteiger partial charge in [-0.3, -0.25) is 4.90 Å². The van der Waals surface area contributed by atoms with E-state index in [1.54, 1.807) is 12.1 Å². The van der Waals surface area contributed by atoms with E-state index in [1.165, 1.54) is 5.56 Å². The average molecular weight is 512 g/mol. The summed E-state index contributed by atoms with van der Waals surface area (Å²) in [5.41, 5.74) is 2.37. The van der Waals surface area contributed by atoms with Gasteiger partial charge in [0.15, 0.2) is 0 Å². The molecule has 3 aromatic rings. The fourth-order valence-corrected chi connectivity index (χ4v) is 4.21. The molecule has 1 aliphatic heterocycles. The predicted octanol–water partition coefficient (Wildman–Crippen LogP) is 3.03. The summed E-state index contributed by atoms with van der Waals surface area (Å²) in [7, 11) is 2.00. The second kappa shape index (κ2) is 12.7. The number of aromatic nitrogens is 3. The number of piperazine rings is 1. The van der Waals surface area contributed by atoms with E-state index in [4.69, 9.17) is 26.6 Å². The van der Waals surface area contributed by atoms with E-state index in [2.05, 4.69) is 27.2 Å². The molecular formula is C26H34ClN7O2. The Hall–Kier alpha value is -3.14. The third-order valence-electron chi connectivity index (χ3n) is 6.31. The van der Waals surface area contributed by atoms with Crippen LogP contribution in [0.15, 0.2) is 48.5 Å². The first kappa shape index (κ1) is 25.9. The van der Waals surface area contributed by atoms with Crippen molar-refractivity contribution in [2.75, 3.05) is 68.2 Å². The van der Waals surface area contributed by atoms with Gasteiger partial charge in [-0.15, -0.1) is 0 Å². The van der Waals surface area contributed by atoms with Crippen LogP contribution in [0.5, 0.6) is 5.75 Å². The number of phenols is 1. The highest BCUT2D eigenvalue weighted by molar-refractivity contribution is 6.30. The van der Waals surface area contributed by atoms with Crippen molar-refractivity contribution in [2.24, 2.45) is 0 Å². The molecule has 10 heteroatoms. The minimum atomic E-state index is 0.0662. The number of rotatable bonds is 11. The topological polar surface area (TPSA) is 101 Å². The van der Waals surface area contributed by atoms with Crippen molar-refractivity contribution in [3.8, 4) is 5.75 Å². The van der Waals surface area contributed by atoms with Crippen LogP contribution in [0.2, 0.25) is 5.02 Å². The fourth-order valence-electron chi connectivity index (χ4n) is 4.09. The summed E-state index contributed by atoms with van der Waals surface area (Å²) in [6.07, 6.45) is 2.68. The average Bonchev–Trinajstić information content (AvgIpc) is 2.91. The maximum Gasteiger partial charge on any atom is 0.232 e. The summed E-state index contributed by atoms with van der Waals surface area (Å²) >= 11 is 6.00. The number of benzene rings is 2. The monoisotopic (exact) mass is 511 g/mol. The standard InChI is InChI=1S/C26H34ClN7O2/c1-32(14-2-3-20-4-8-22(27)9-5-20)25-29-24(28-13-12-21-6-10-23(36)11-7-21)30-26(31-25)34-17-15-33(19-35)16-18-34/h4-11,35-36H,2-3,12-19H2,1H3,(H,28,29,30,31). The minimum Gasteiger partial charge on any atom is -0.508 e. The summed E-state index contributed by atoms with van der Waals surface area (Å²) in [4.78, 5) is 20.4. The third-order valence-corrected chi connectivity index (χ3v) is 6.57. The molecular weight excluding hydrogens is 478 g/mol.